The van der Waals surface area contributed by atoms with E-state index in [9.17, 15) is 4.79 Å². The molecule has 0 saturated heterocycles. The number of rotatable bonds is 6. The van der Waals surface area contributed by atoms with E-state index in [1.54, 1.807) is 0 Å². The lowest BCUT2D eigenvalue weighted by Crippen LogP contribution is -2.25. The van der Waals surface area contributed by atoms with Crippen LogP contribution in [0.2, 0.25) is 0 Å². The van der Waals surface area contributed by atoms with Crippen LogP contribution in [0.4, 0.5) is 0 Å². The van der Waals surface area contributed by atoms with Crippen LogP contribution in [0.1, 0.15) is 53.9 Å². The highest BCUT2D eigenvalue weighted by molar-refractivity contribution is 5.72. The van der Waals surface area contributed by atoms with Crippen molar-refractivity contribution in [3.8, 4) is 0 Å². The summed E-state index contributed by atoms with van der Waals surface area (Å²) < 4.78 is 5.38. The third-order valence-corrected chi connectivity index (χ3v) is 2.70. The lowest BCUT2D eigenvalue weighted by atomic mass is 10.0. The Kier molecular flexibility index (Phi) is 6.60. The van der Waals surface area contributed by atoms with Crippen LogP contribution in [0.25, 0.3) is 0 Å². The maximum atomic E-state index is 11.7. The van der Waals surface area contributed by atoms with E-state index in [4.69, 9.17) is 4.74 Å². The smallest absolute Gasteiger partial charge is 0.309 e. The van der Waals surface area contributed by atoms with Crippen LogP contribution in [0.3, 0.4) is 0 Å². The molecule has 2 heteroatoms. The fourth-order valence-electron chi connectivity index (χ4n) is 1.25. The molecule has 0 aromatic heterocycles. The van der Waals surface area contributed by atoms with Gasteiger partial charge in [-0.05, 0) is 25.7 Å². The van der Waals surface area contributed by atoms with Crippen LogP contribution >= 0.6 is 0 Å². The van der Waals surface area contributed by atoms with E-state index in [1.165, 1.54) is 0 Å². The summed E-state index contributed by atoms with van der Waals surface area (Å²) in [4.78, 5) is 11.7. The third-order valence-electron chi connectivity index (χ3n) is 2.70. The van der Waals surface area contributed by atoms with Crippen LogP contribution in [0.5, 0.6) is 0 Å². The van der Waals surface area contributed by atoms with Gasteiger partial charge in [-0.1, -0.05) is 34.1 Å². The average molecular weight is 200 g/mol. The molecular weight excluding hydrogens is 176 g/mol. The molecule has 0 radical (unpaired) electrons. The Bertz CT molecular complexity index is 164. The van der Waals surface area contributed by atoms with Gasteiger partial charge in [-0.25, -0.2) is 0 Å². The van der Waals surface area contributed by atoms with Gasteiger partial charge in [-0.2, -0.15) is 0 Å². The van der Waals surface area contributed by atoms with E-state index in [-0.39, 0.29) is 18.0 Å². The van der Waals surface area contributed by atoms with E-state index in [1.807, 2.05) is 13.8 Å². The summed E-state index contributed by atoms with van der Waals surface area (Å²) in [6.07, 6.45) is 2.91. The summed E-state index contributed by atoms with van der Waals surface area (Å²) in [5.74, 6) is 0.481. The lowest BCUT2D eigenvalue weighted by Gasteiger charge is -2.20. The predicted molar refractivity (Wildman–Crippen MR) is 59.1 cm³/mol. The van der Waals surface area contributed by atoms with E-state index >= 15 is 0 Å². The average Bonchev–Trinajstić information content (AvgIpc) is 2.13. The Balaban J connectivity index is 4.03. The predicted octanol–water partition coefficient (Wildman–Crippen LogP) is 3.40. The SMILES string of the molecule is CCCC(CC)C(=O)OC(C)C(C)C. The molecule has 14 heavy (non-hydrogen) atoms. The van der Waals surface area contributed by atoms with Crippen molar-refractivity contribution in [1.29, 1.82) is 0 Å². The van der Waals surface area contributed by atoms with Gasteiger partial charge in [-0.15, -0.1) is 0 Å². The molecule has 0 heterocycles. The molecule has 0 aromatic carbocycles. The Morgan fingerprint density at radius 3 is 2.14 bits per heavy atom. The number of ether oxygens (including phenoxy) is 1. The molecule has 0 N–H and O–H groups in total. The van der Waals surface area contributed by atoms with E-state index < -0.39 is 0 Å². The maximum absolute atomic E-state index is 11.7. The second-order valence-electron chi connectivity index (χ2n) is 4.28. The highest BCUT2D eigenvalue weighted by atomic mass is 16.5. The first-order valence-electron chi connectivity index (χ1n) is 5.73. The van der Waals surface area contributed by atoms with Crippen molar-refractivity contribution in [2.45, 2.75) is 60.0 Å². The quantitative estimate of drug-likeness (QED) is 0.614. The van der Waals surface area contributed by atoms with Crippen molar-refractivity contribution in [2.75, 3.05) is 0 Å². The summed E-state index contributed by atoms with van der Waals surface area (Å²) in [7, 11) is 0. The summed E-state index contributed by atoms with van der Waals surface area (Å²) in [6.45, 7) is 10.2. The van der Waals surface area contributed by atoms with Crippen LogP contribution in [-0.2, 0) is 9.53 Å². The van der Waals surface area contributed by atoms with Crippen LogP contribution in [0, 0.1) is 11.8 Å². The number of esters is 1. The normalized spacial score (nSPS) is 15.3. The van der Waals surface area contributed by atoms with E-state index in [2.05, 4.69) is 20.8 Å². The molecule has 0 aromatic rings. The fourth-order valence-corrected chi connectivity index (χ4v) is 1.25. The standard InChI is InChI=1S/C12H24O2/c1-6-8-11(7-2)12(13)14-10(5)9(3)4/h9-11H,6-8H2,1-5H3. The van der Waals surface area contributed by atoms with Crippen molar-refractivity contribution in [3.63, 3.8) is 0 Å². The summed E-state index contributed by atoms with van der Waals surface area (Å²) in [5, 5.41) is 0. The van der Waals surface area contributed by atoms with Gasteiger partial charge in [-0.3, -0.25) is 4.79 Å². The Morgan fingerprint density at radius 2 is 1.79 bits per heavy atom. The zero-order valence-corrected chi connectivity index (χ0v) is 10.2. The minimum atomic E-state index is -0.0180. The molecule has 0 spiro atoms. The molecule has 0 bridgehead atoms. The topological polar surface area (TPSA) is 26.3 Å². The van der Waals surface area contributed by atoms with Gasteiger partial charge in [0.05, 0.1) is 5.92 Å². The highest BCUT2D eigenvalue weighted by Gasteiger charge is 2.20. The molecule has 2 unspecified atom stereocenters. The third kappa shape index (κ3) is 4.64. The monoisotopic (exact) mass is 200 g/mol. The first kappa shape index (κ1) is 13.5. The number of hydrogen-bond donors (Lipinski definition) is 0. The largest absolute Gasteiger partial charge is 0.462 e. The molecule has 0 amide bonds. The zero-order valence-electron chi connectivity index (χ0n) is 10.2. The van der Waals surface area contributed by atoms with Crippen LogP contribution in [-0.4, -0.2) is 12.1 Å². The number of carbonyl (C=O) groups excluding carboxylic acids is 1. The number of hydrogen-bond acceptors (Lipinski definition) is 2. The summed E-state index contributed by atoms with van der Waals surface area (Å²) in [5.41, 5.74) is 0. The van der Waals surface area contributed by atoms with Crippen LogP contribution < -0.4 is 0 Å². The van der Waals surface area contributed by atoms with Gasteiger partial charge in [0.2, 0.25) is 0 Å². The van der Waals surface area contributed by atoms with E-state index in [0.717, 1.165) is 19.3 Å². The fraction of sp³-hybridized carbons (Fsp3) is 0.917. The van der Waals surface area contributed by atoms with Crippen molar-refractivity contribution >= 4 is 5.97 Å². The molecule has 2 atom stereocenters. The molecule has 0 aliphatic heterocycles. The lowest BCUT2D eigenvalue weighted by molar-refractivity contribution is -0.155. The summed E-state index contributed by atoms with van der Waals surface area (Å²) >= 11 is 0. The second kappa shape index (κ2) is 6.86. The minimum absolute atomic E-state index is 0.0180. The molecule has 84 valence electrons. The molecular formula is C12H24O2. The first-order valence-corrected chi connectivity index (χ1v) is 5.73. The second-order valence-corrected chi connectivity index (χ2v) is 4.28. The van der Waals surface area contributed by atoms with Crippen molar-refractivity contribution in [3.05, 3.63) is 0 Å². The molecule has 0 aliphatic rings. The Hall–Kier alpha value is -0.530. The van der Waals surface area contributed by atoms with Gasteiger partial charge >= 0.3 is 5.97 Å². The Labute approximate surface area is 88.0 Å². The van der Waals surface area contributed by atoms with Crippen LogP contribution in [0.15, 0.2) is 0 Å². The summed E-state index contributed by atoms with van der Waals surface area (Å²) in [6, 6.07) is 0. The van der Waals surface area contributed by atoms with Gasteiger partial charge < -0.3 is 4.74 Å². The van der Waals surface area contributed by atoms with Crippen molar-refractivity contribution in [1.82, 2.24) is 0 Å². The zero-order chi connectivity index (χ0) is 11.1. The molecule has 0 rings (SSSR count). The Morgan fingerprint density at radius 1 is 1.21 bits per heavy atom. The van der Waals surface area contributed by atoms with Crippen molar-refractivity contribution < 1.29 is 9.53 Å². The molecule has 0 fully saturated rings. The van der Waals surface area contributed by atoms with E-state index in [0.29, 0.717) is 5.92 Å². The van der Waals surface area contributed by atoms with Gasteiger partial charge in [0, 0.05) is 0 Å². The van der Waals surface area contributed by atoms with Gasteiger partial charge in [0.25, 0.3) is 0 Å². The molecule has 0 saturated carbocycles. The van der Waals surface area contributed by atoms with Crippen molar-refractivity contribution in [2.24, 2.45) is 11.8 Å². The van der Waals surface area contributed by atoms with Gasteiger partial charge in [0.1, 0.15) is 6.10 Å². The van der Waals surface area contributed by atoms with Gasteiger partial charge in [0.15, 0.2) is 0 Å². The molecule has 0 aliphatic carbocycles. The maximum Gasteiger partial charge on any atom is 0.309 e. The highest BCUT2D eigenvalue weighted by Crippen LogP contribution is 2.15. The first-order chi connectivity index (χ1) is 6.52. The minimum Gasteiger partial charge on any atom is -0.462 e. The molecule has 2 nitrogen and oxygen atoms in total. The number of carbonyl (C=O) groups is 1.